The van der Waals surface area contributed by atoms with E-state index in [1.54, 1.807) is 0 Å². The second kappa shape index (κ2) is 6.17. The standard InChI is InChI=1S/C22H19NO2/c1-14-11-16(13-15-7-3-2-4-8-15)21-18(12-14)20(22(24)25)17-9-5-6-10-19(17)23-21/h2-10,13-14H,11-12H2,1H3,(H,24,25)/p-1/b16-13+/t14-/m0/s1. The van der Waals surface area contributed by atoms with Crippen LogP contribution in [0.3, 0.4) is 0 Å². The Hall–Kier alpha value is -2.94. The minimum Gasteiger partial charge on any atom is -0.545 e. The maximum atomic E-state index is 11.9. The second-order valence-electron chi connectivity index (χ2n) is 6.71. The lowest BCUT2D eigenvalue weighted by Gasteiger charge is -2.27. The van der Waals surface area contributed by atoms with Gasteiger partial charge >= 0.3 is 0 Å². The highest BCUT2D eigenvalue weighted by Crippen LogP contribution is 2.38. The number of hydrogen-bond donors (Lipinski definition) is 0. The SMILES string of the molecule is C[C@H]1C/C(=C\c2ccccc2)c2nc3ccccc3c(C(=O)[O-])c2C1. The van der Waals surface area contributed by atoms with Crippen molar-refractivity contribution in [2.24, 2.45) is 5.92 Å². The van der Waals surface area contributed by atoms with Crippen molar-refractivity contribution in [3.05, 3.63) is 77.0 Å². The number of fused-ring (bicyclic) bond motifs is 2. The minimum absolute atomic E-state index is 0.297. The number of carbonyl (C=O) groups excluding carboxylic acids is 1. The van der Waals surface area contributed by atoms with Gasteiger partial charge in [0.05, 0.1) is 17.2 Å². The zero-order valence-electron chi connectivity index (χ0n) is 14.0. The normalized spacial score (nSPS) is 18.3. The van der Waals surface area contributed by atoms with Crippen molar-refractivity contribution >= 4 is 28.5 Å². The van der Waals surface area contributed by atoms with Gasteiger partial charge in [0.25, 0.3) is 0 Å². The van der Waals surface area contributed by atoms with Crippen LogP contribution in [0.1, 0.15) is 40.5 Å². The number of aromatic nitrogens is 1. The number of allylic oxidation sites excluding steroid dienone is 1. The molecular weight excluding hydrogens is 310 g/mol. The molecule has 3 aromatic rings. The van der Waals surface area contributed by atoms with Crippen molar-refractivity contribution in [3.63, 3.8) is 0 Å². The van der Waals surface area contributed by atoms with Gasteiger partial charge in [-0.15, -0.1) is 0 Å². The molecule has 124 valence electrons. The maximum Gasteiger partial charge on any atom is 0.0725 e. The quantitative estimate of drug-likeness (QED) is 0.720. The van der Waals surface area contributed by atoms with Gasteiger partial charge in [0.2, 0.25) is 0 Å². The van der Waals surface area contributed by atoms with Gasteiger partial charge in [-0.3, -0.25) is 0 Å². The predicted octanol–water partition coefficient (Wildman–Crippen LogP) is 3.72. The van der Waals surface area contributed by atoms with Crippen LogP contribution in [0, 0.1) is 5.92 Å². The summed E-state index contributed by atoms with van der Waals surface area (Å²) in [5, 5.41) is 12.6. The monoisotopic (exact) mass is 328 g/mol. The molecule has 0 N–H and O–H groups in total. The Labute approximate surface area is 146 Å². The van der Waals surface area contributed by atoms with E-state index in [0.29, 0.717) is 28.8 Å². The number of nitrogens with zero attached hydrogens (tertiary/aromatic N) is 1. The number of hydrogen-bond acceptors (Lipinski definition) is 3. The summed E-state index contributed by atoms with van der Waals surface area (Å²) in [7, 11) is 0. The number of aromatic carboxylic acids is 1. The first-order chi connectivity index (χ1) is 12.1. The lowest BCUT2D eigenvalue weighted by molar-refractivity contribution is -0.254. The molecule has 3 heteroatoms. The zero-order chi connectivity index (χ0) is 17.4. The lowest BCUT2D eigenvalue weighted by atomic mass is 9.80. The molecule has 0 radical (unpaired) electrons. The van der Waals surface area contributed by atoms with E-state index in [4.69, 9.17) is 4.98 Å². The molecular formula is C22H18NO2-. The molecule has 0 amide bonds. The first-order valence-corrected chi connectivity index (χ1v) is 8.52. The highest BCUT2D eigenvalue weighted by Gasteiger charge is 2.25. The predicted molar refractivity (Wildman–Crippen MR) is 97.9 cm³/mol. The third kappa shape index (κ3) is 2.82. The number of carboxylic acid groups (broad SMARTS) is 1. The van der Waals surface area contributed by atoms with Crippen molar-refractivity contribution in [1.29, 1.82) is 0 Å². The Morgan fingerprint density at radius 1 is 1.08 bits per heavy atom. The summed E-state index contributed by atoms with van der Waals surface area (Å²) in [6.45, 7) is 2.15. The molecule has 3 nitrogen and oxygen atoms in total. The van der Waals surface area contributed by atoms with Crippen LogP contribution in [-0.4, -0.2) is 11.0 Å². The molecule has 0 spiro atoms. The summed E-state index contributed by atoms with van der Waals surface area (Å²) in [6.07, 6.45) is 3.72. The van der Waals surface area contributed by atoms with E-state index >= 15 is 0 Å². The van der Waals surface area contributed by atoms with Crippen molar-refractivity contribution in [3.8, 4) is 0 Å². The maximum absolute atomic E-state index is 11.9. The van der Waals surface area contributed by atoms with Crippen LogP contribution < -0.4 is 5.11 Å². The molecule has 1 heterocycles. The molecule has 2 aromatic carbocycles. The molecule has 4 rings (SSSR count). The third-order valence-electron chi connectivity index (χ3n) is 4.76. The van der Waals surface area contributed by atoms with E-state index in [0.717, 1.165) is 28.8 Å². The van der Waals surface area contributed by atoms with Crippen LogP contribution in [0.15, 0.2) is 54.6 Å². The van der Waals surface area contributed by atoms with Crippen molar-refractivity contribution < 1.29 is 9.90 Å². The smallest absolute Gasteiger partial charge is 0.0725 e. The average molecular weight is 328 g/mol. The molecule has 1 aliphatic rings. The summed E-state index contributed by atoms with van der Waals surface area (Å²) in [5.74, 6) is -0.758. The minimum atomic E-state index is -1.12. The van der Waals surface area contributed by atoms with Crippen LogP contribution in [0.2, 0.25) is 0 Å². The Bertz CT molecular complexity index is 990. The summed E-state index contributed by atoms with van der Waals surface area (Å²) < 4.78 is 0. The fourth-order valence-electron chi connectivity index (χ4n) is 3.72. The molecule has 0 bridgehead atoms. The van der Waals surface area contributed by atoms with Gasteiger partial charge in [-0.05, 0) is 47.6 Å². The molecule has 0 aliphatic heterocycles. The Morgan fingerprint density at radius 3 is 2.56 bits per heavy atom. The molecule has 0 saturated heterocycles. The van der Waals surface area contributed by atoms with Gasteiger partial charge in [0.1, 0.15) is 0 Å². The summed E-state index contributed by atoms with van der Waals surface area (Å²) >= 11 is 0. The number of carbonyl (C=O) groups is 1. The average Bonchev–Trinajstić information content (AvgIpc) is 2.60. The second-order valence-corrected chi connectivity index (χ2v) is 6.71. The molecule has 25 heavy (non-hydrogen) atoms. The largest absolute Gasteiger partial charge is 0.545 e. The molecule has 0 fully saturated rings. The van der Waals surface area contributed by atoms with Crippen molar-refractivity contribution in [1.82, 2.24) is 4.98 Å². The Kier molecular flexibility index (Phi) is 3.85. The lowest BCUT2D eigenvalue weighted by Crippen LogP contribution is -2.27. The van der Waals surface area contributed by atoms with Gasteiger partial charge in [-0.25, -0.2) is 4.98 Å². The Morgan fingerprint density at radius 2 is 1.80 bits per heavy atom. The Balaban J connectivity index is 2.00. The first kappa shape index (κ1) is 15.6. The van der Waals surface area contributed by atoms with Crippen molar-refractivity contribution in [2.75, 3.05) is 0 Å². The van der Waals surface area contributed by atoms with Gasteiger partial charge in [0, 0.05) is 10.9 Å². The number of pyridine rings is 1. The fourth-order valence-corrected chi connectivity index (χ4v) is 3.72. The number of carboxylic acids is 1. The van der Waals surface area contributed by atoms with Crippen LogP contribution in [-0.2, 0) is 6.42 Å². The molecule has 1 atom stereocenters. The highest BCUT2D eigenvalue weighted by molar-refractivity contribution is 6.05. The number of para-hydroxylation sites is 1. The summed E-state index contributed by atoms with van der Waals surface area (Å²) in [4.78, 5) is 16.7. The van der Waals surface area contributed by atoms with E-state index in [1.807, 2.05) is 54.6 Å². The molecule has 1 aromatic heterocycles. The van der Waals surface area contributed by atoms with Gasteiger partial charge in [-0.1, -0.05) is 55.5 Å². The van der Waals surface area contributed by atoms with E-state index in [9.17, 15) is 9.90 Å². The highest BCUT2D eigenvalue weighted by atomic mass is 16.4. The third-order valence-corrected chi connectivity index (χ3v) is 4.76. The van der Waals surface area contributed by atoms with E-state index in [1.165, 1.54) is 0 Å². The van der Waals surface area contributed by atoms with E-state index in [2.05, 4.69) is 13.0 Å². The fraction of sp³-hybridized carbons (Fsp3) is 0.182. The number of benzene rings is 2. The number of rotatable bonds is 2. The van der Waals surface area contributed by atoms with Gasteiger partial charge in [-0.2, -0.15) is 0 Å². The zero-order valence-corrected chi connectivity index (χ0v) is 14.0. The van der Waals surface area contributed by atoms with E-state index < -0.39 is 5.97 Å². The van der Waals surface area contributed by atoms with Crippen LogP contribution in [0.25, 0.3) is 22.6 Å². The van der Waals surface area contributed by atoms with Crippen LogP contribution in [0.5, 0.6) is 0 Å². The van der Waals surface area contributed by atoms with E-state index in [-0.39, 0.29) is 0 Å². The van der Waals surface area contributed by atoms with Crippen molar-refractivity contribution in [2.45, 2.75) is 19.8 Å². The van der Waals surface area contributed by atoms with Crippen LogP contribution in [0.4, 0.5) is 0 Å². The van der Waals surface area contributed by atoms with Gasteiger partial charge < -0.3 is 9.90 Å². The van der Waals surface area contributed by atoms with Gasteiger partial charge in [0.15, 0.2) is 0 Å². The topological polar surface area (TPSA) is 53.0 Å². The molecule has 1 aliphatic carbocycles. The molecule has 0 saturated carbocycles. The first-order valence-electron chi connectivity index (χ1n) is 8.52. The van der Waals surface area contributed by atoms with Crippen LogP contribution >= 0.6 is 0 Å². The molecule has 0 unspecified atom stereocenters. The summed E-state index contributed by atoms with van der Waals surface area (Å²) in [5.41, 5.74) is 4.80. The summed E-state index contributed by atoms with van der Waals surface area (Å²) in [6, 6.07) is 17.5.